The van der Waals surface area contributed by atoms with E-state index in [4.69, 9.17) is 0 Å². The van der Waals surface area contributed by atoms with Crippen molar-refractivity contribution in [2.24, 2.45) is 0 Å². The number of nitrogens with one attached hydrogen (secondary N) is 1. The van der Waals surface area contributed by atoms with Crippen molar-refractivity contribution in [2.75, 3.05) is 20.1 Å². The molecule has 134 valence electrons. The molecule has 2 heterocycles. The number of halogens is 3. The fourth-order valence-corrected chi connectivity index (χ4v) is 3.73. The van der Waals surface area contributed by atoms with Gasteiger partial charge in [0.05, 0.1) is 6.20 Å². The maximum absolute atomic E-state index is 12.7. The third-order valence-electron chi connectivity index (χ3n) is 5.15. The second-order valence-electron chi connectivity index (χ2n) is 6.80. The third kappa shape index (κ3) is 3.52. The van der Waals surface area contributed by atoms with E-state index in [0.717, 1.165) is 44.7 Å². The molecule has 0 bridgehead atoms. The highest BCUT2D eigenvalue weighted by atomic mass is 19.4. The van der Waals surface area contributed by atoms with Crippen molar-refractivity contribution in [3.05, 3.63) is 17.7 Å². The van der Waals surface area contributed by atoms with Crippen LogP contribution >= 0.6 is 0 Å². The van der Waals surface area contributed by atoms with Gasteiger partial charge in [-0.05, 0) is 25.7 Å². The van der Waals surface area contributed by atoms with Crippen LogP contribution in [0.3, 0.4) is 0 Å². The summed E-state index contributed by atoms with van der Waals surface area (Å²) in [4.78, 5) is 22.5. The lowest BCUT2D eigenvalue weighted by molar-refractivity contribution is -0.141. The van der Waals surface area contributed by atoms with Gasteiger partial charge in [0.2, 0.25) is 0 Å². The van der Waals surface area contributed by atoms with Gasteiger partial charge in [-0.2, -0.15) is 13.2 Å². The van der Waals surface area contributed by atoms with Crippen LogP contribution in [0.15, 0.2) is 6.20 Å². The average Bonchev–Trinajstić information content (AvgIpc) is 3.24. The molecule has 8 heteroatoms. The molecule has 2 amide bonds. The number of carbonyl (C=O) groups is 1. The third-order valence-corrected chi connectivity index (χ3v) is 5.15. The van der Waals surface area contributed by atoms with Gasteiger partial charge in [-0.15, -0.1) is 0 Å². The molecule has 0 aromatic carbocycles. The zero-order valence-corrected chi connectivity index (χ0v) is 13.8. The van der Waals surface area contributed by atoms with Gasteiger partial charge in [0, 0.05) is 32.1 Å². The minimum Gasteiger partial charge on any atom is -0.338 e. The summed E-state index contributed by atoms with van der Waals surface area (Å²) in [5, 5.41) is 0. The summed E-state index contributed by atoms with van der Waals surface area (Å²) in [6.07, 6.45) is 2.30. The number of hydrogen-bond donors (Lipinski definition) is 1. The first-order valence-corrected chi connectivity index (χ1v) is 8.50. The highest BCUT2D eigenvalue weighted by Gasteiger charge is 2.35. The minimum atomic E-state index is -4.42. The van der Waals surface area contributed by atoms with Crippen LogP contribution < -0.4 is 0 Å². The summed E-state index contributed by atoms with van der Waals surface area (Å²) >= 11 is 0. The molecule has 5 nitrogen and oxygen atoms in total. The van der Waals surface area contributed by atoms with E-state index in [9.17, 15) is 18.0 Å². The quantitative estimate of drug-likeness (QED) is 0.891. The summed E-state index contributed by atoms with van der Waals surface area (Å²) in [5.74, 6) is 0.152. The number of aromatic nitrogens is 2. The summed E-state index contributed by atoms with van der Waals surface area (Å²) in [6.45, 7) is 1.07. The fourth-order valence-electron chi connectivity index (χ4n) is 3.73. The van der Waals surface area contributed by atoms with Gasteiger partial charge in [-0.1, -0.05) is 12.8 Å². The lowest BCUT2D eigenvalue weighted by atomic mass is 9.97. The second-order valence-corrected chi connectivity index (χ2v) is 6.80. The summed E-state index contributed by atoms with van der Waals surface area (Å²) in [5.41, 5.74) is -0.830. The number of nitrogens with zero attached hydrogens (tertiary/aromatic N) is 3. The molecule has 1 atom stereocenters. The second kappa shape index (κ2) is 6.64. The number of likely N-dealkylation sites (tertiary alicyclic amines) is 1. The molecule has 24 heavy (non-hydrogen) atoms. The molecule has 2 aliphatic rings. The van der Waals surface area contributed by atoms with Gasteiger partial charge in [-0.3, -0.25) is 0 Å². The number of amides is 2. The molecule has 1 unspecified atom stereocenters. The number of carbonyl (C=O) groups excluding carboxylic acids is 1. The number of imidazole rings is 1. The lowest BCUT2D eigenvalue weighted by Gasteiger charge is -2.36. The Morgan fingerprint density at radius 2 is 2.00 bits per heavy atom. The first-order chi connectivity index (χ1) is 11.4. The smallest absolute Gasteiger partial charge is 0.338 e. The number of alkyl halides is 3. The highest BCUT2D eigenvalue weighted by molar-refractivity contribution is 5.74. The molecule has 1 saturated heterocycles. The molecule has 1 aromatic rings. The van der Waals surface area contributed by atoms with Gasteiger partial charge >= 0.3 is 12.2 Å². The van der Waals surface area contributed by atoms with Crippen molar-refractivity contribution in [2.45, 2.75) is 56.7 Å². The molecular formula is C16H23F3N4O. The molecule has 3 rings (SSSR count). The van der Waals surface area contributed by atoms with Crippen LogP contribution in [0.1, 0.15) is 56.0 Å². The van der Waals surface area contributed by atoms with Crippen LogP contribution in [0.2, 0.25) is 0 Å². The summed E-state index contributed by atoms with van der Waals surface area (Å²) in [7, 11) is 1.83. The Labute approximate surface area is 139 Å². The minimum absolute atomic E-state index is 0.0193. The number of hydrogen-bond acceptors (Lipinski definition) is 2. The Kier molecular flexibility index (Phi) is 4.73. The average molecular weight is 344 g/mol. The Hall–Kier alpha value is -1.73. The van der Waals surface area contributed by atoms with Crippen molar-refractivity contribution < 1.29 is 18.0 Å². The SMILES string of the molecule is CN(C(=O)N1CCCC(c2ncc(C(F)(F)F)[nH]2)C1)C1CCCC1. The number of urea groups is 1. The van der Waals surface area contributed by atoms with Gasteiger partial charge in [-0.25, -0.2) is 9.78 Å². The zero-order chi connectivity index (χ0) is 17.3. The Bertz CT molecular complexity index is 580. The van der Waals surface area contributed by atoms with Crippen molar-refractivity contribution >= 4 is 6.03 Å². The largest absolute Gasteiger partial charge is 0.432 e. The molecule has 1 aliphatic heterocycles. The maximum Gasteiger partial charge on any atom is 0.432 e. The van der Waals surface area contributed by atoms with E-state index in [2.05, 4.69) is 9.97 Å². The standard InChI is InChI=1S/C16H23F3N4O/c1-22(12-6-2-3-7-12)15(24)23-8-4-5-11(10-23)14-20-9-13(21-14)16(17,18)19/h9,11-12H,2-8,10H2,1H3,(H,20,21). The fraction of sp³-hybridized carbons (Fsp3) is 0.750. The van der Waals surface area contributed by atoms with Crippen LogP contribution in [0.4, 0.5) is 18.0 Å². The van der Waals surface area contributed by atoms with Crippen molar-refractivity contribution in [3.8, 4) is 0 Å². The number of aromatic amines is 1. The first-order valence-electron chi connectivity index (χ1n) is 8.50. The van der Waals surface area contributed by atoms with Crippen molar-refractivity contribution in [1.29, 1.82) is 0 Å². The van der Waals surface area contributed by atoms with E-state index in [-0.39, 0.29) is 11.9 Å². The van der Waals surface area contributed by atoms with Crippen LogP contribution in [0, 0.1) is 0 Å². The highest BCUT2D eigenvalue weighted by Crippen LogP contribution is 2.31. The Morgan fingerprint density at radius 3 is 2.62 bits per heavy atom. The topological polar surface area (TPSA) is 52.2 Å². The molecule has 2 fully saturated rings. The van der Waals surface area contributed by atoms with Gasteiger partial charge in [0.1, 0.15) is 11.5 Å². The van der Waals surface area contributed by atoms with E-state index < -0.39 is 11.9 Å². The molecule has 1 aliphatic carbocycles. The molecule has 1 N–H and O–H groups in total. The van der Waals surface area contributed by atoms with Crippen LogP contribution in [-0.2, 0) is 6.18 Å². The number of piperidine rings is 1. The van der Waals surface area contributed by atoms with Crippen LogP contribution in [0.25, 0.3) is 0 Å². The lowest BCUT2D eigenvalue weighted by Crippen LogP contribution is -2.48. The predicted octanol–water partition coefficient (Wildman–Crippen LogP) is 3.60. The van der Waals surface area contributed by atoms with E-state index in [1.807, 2.05) is 7.05 Å². The van der Waals surface area contributed by atoms with E-state index >= 15 is 0 Å². The molecule has 1 saturated carbocycles. The molecule has 0 spiro atoms. The van der Waals surface area contributed by atoms with E-state index in [0.29, 0.717) is 25.0 Å². The predicted molar refractivity (Wildman–Crippen MR) is 82.6 cm³/mol. The Balaban J connectivity index is 1.65. The van der Waals surface area contributed by atoms with Crippen molar-refractivity contribution in [1.82, 2.24) is 19.8 Å². The van der Waals surface area contributed by atoms with E-state index in [1.54, 1.807) is 9.80 Å². The number of rotatable bonds is 2. The monoisotopic (exact) mass is 344 g/mol. The molecule has 0 radical (unpaired) electrons. The van der Waals surface area contributed by atoms with Crippen LogP contribution in [0.5, 0.6) is 0 Å². The molecule has 1 aromatic heterocycles. The number of H-pyrrole nitrogens is 1. The normalized spacial score (nSPS) is 22.8. The summed E-state index contributed by atoms with van der Waals surface area (Å²) < 4.78 is 38.1. The van der Waals surface area contributed by atoms with Crippen LogP contribution in [-0.4, -0.2) is 52.0 Å². The van der Waals surface area contributed by atoms with Crippen molar-refractivity contribution in [3.63, 3.8) is 0 Å². The zero-order valence-electron chi connectivity index (χ0n) is 13.8. The molecular weight excluding hydrogens is 321 g/mol. The Morgan fingerprint density at radius 1 is 1.29 bits per heavy atom. The van der Waals surface area contributed by atoms with Gasteiger partial charge in [0.15, 0.2) is 0 Å². The summed E-state index contributed by atoms with van der Waals surface area (Å²) in [6, 6.07) is 0.271. The van der Waals surface area contributed by atoms with E-state index in [1.165, 1.54) is 0 Å². The van der Waals surface area contributed by atoms with Gasteiger partial charge in [0.25, 0.3) is 0 Å². The van der Waals surface area contributed by atoms with Gasteiger partial charge < -0.3 is 14.8 Å². The first kappa shape index (κ1) is 17.1. The maximum atomic E-state index is 12.7.